The van der Waals surface area contributed by atoms with E-state index in [0.717, 1.165) is 16.8 Å². The second-order valence-electron chi connectivity index (χ2n) is 4.01. The summed E-state index contributed by atoms with van der Waals surface area (Å²) in [6.45, 7) is 5.85. The minimum Gasteiger partial charge on any atom is -0.359 e. The first-order chi connectivity index (χ1) is 7.04. The first-order valence-corrected chi connectivity index (χ1v) is 5.87. The zero-order valence-corrected chi connectivity index (χ0v) is 11.1. The fraction of sp³-hybridized carbons (Fsp3) is 0.545. The number of nitrogens with zero attached hydrogens (tertiary/aromatic N) is 2. The summed E-state index contributed by atoms with van der Waals surface area (Å²) in [4.78, 5) is 6.50. The van der Waals surface area contributed by atoms with Crippen molar-refractivity contribution in [3.63, 3.8) is 0 Å². The van der Waals surface area contributed by atoms with Gasteiger partial charge in [0.15, 0.2) is 0 Å². The molecule has 2 N–H and O–H groups in total. The molecule has 1 rings (SSSR count). The fourth-order valence-corrected chi connectivity index (χ4v) is 1.59. The molecule has 15 heavy (non-hydrogen) atoms. The van der Waals surface area contributed by atoms with Gasteiger partial charge in [0, 0.05) is 24.3 Å². The SMILES string of the molecule is Cc1cc(N(C)CC(C)CN)ncc1Br. The Kier molecular flexibility index (Phi) is 4.54. The molecule has 4 heteroatoms. The van der Waals surface area contributed by atoms with Gasteiger partial charge in [0.25, 0.3) is 0 Å². The molecule has 0 aliphatic carbocycles. The first-order valence-electron chi connectivity index (χ1n) is 5.08. The second-order valence-corrected chi connectivity index (χ2v) is 4.87. The number of hydrogen-bond acceptors (Lipinski definition) is 3. The Morgan fingerprint density at radius 1 is 1.60 bits per heavy atom. The minimum atomic E-state index is 0.487. The van der Waals surface area contributed by atoms with Crippen molar-refractivity contribution in [3.05, 3.63) is 22.3 Å². The lowest BCUT2D eigenvalue weighted by Gasteiger charge is -2.22. The number of anilines is 1. The van der Waals surface area contributed by atoms with Crippen LogP contribution in [0.4, 0.5) is 5.82 Å². The van der Waals surface area contributed by atoms with Gasteiger partial charge in [0.05, 0.1) is 0 Å². The highest BCUT2D eigenvalue weighted by molar-refractivity contribution is 9.10. The first kappa shape index (κ1) is 12.5. The van der Waals surface area contributed by atoms with Crippen LogP contribution in [0.1, 0.15) is 12.5 Å². The molecule has 0 bridgehead atoms. The summed E-state index contributed by atoms with van der Waals surface area (Å²) in [5.74, 6) is 1.48. The van der Waals surface area contributed by atoms with Crippen LogP contribution in [0.2, 0.25) is 0 Å². The summed E-state index contributed by atoms with van der Waals surface area (Å²) in [6, 6.07) is 2.08. The fourth-order valence-electron chi connectivity index (χ4n) is 1.37. The molecule has 0 aromatic carbocycles. The summed E-state index contributed by atoms with van der Waals surface area (Å²) in [5, 5.41) is 0. The molecule has 1 atom stereocenters. The van der Waals surface area contributed by atoms with Crippen molar-refractivity contribution >= 4 is 21.7 Å². The maximum absolute atomic E-state index is 5.60. The van der Waals surface area contributed by atoms with Gasteiger partial charge >= 0.3 is 0 Å². The van der Waals surface area contributed by atoms with Crippen LogP contribution < -0.4 is 10.6 Å². The van der Waals surface area contributed by atoms with Gasteiger partial charge in [-0.05, 0) is 46.9 Å². The van der Waals surface area contributed by atoms with Gasteiger partial charge in [-0.1, -0.05) is 6.92 Å². The molecular weight excluding hydrogens is 254 g/mol. The maximum atomic E-state index is 5.60. The molecule has 0 aliphatic rings. The summed E-state index contributed by atoms with van der Waals surface area (Å²) in [6.07, 6.45) is 1.84. The Bertz CT molecular complexity index is 328. The monoisotopic (exact) mass is 271 g/mol. The zero-order valence-electron chi connectivity index (χ0n) is 9.50. The summed E-state index contributed by atoms with van der Waals surface area (Å²) >= 11 is 3.44. The molecule has 84 valence electrons. The van der Waals surface area contributed by atoms with E-state index in [1.807, 2.05) is 13.2 Å². The van der Waals surface area contributed by atoms with Crippen molar-refractivity contribution in [2.24, 2.45) is 11.7 Å². The lowest BCUT2D eigenvalue weighted by atomic mass is 10.2. The Balaban J connectivity index is 2.73. The van der Waals surface area contributed by atoms with Gasteiger partial charge in [-0.2, -0.15) is 0 Å². The van der Waals surface area contributed by atoms with Gasteiger partial charge in [-0.3, -0.25) is 0 Å². The van der Waals surface area contributed by atoms with Gasteiger partial charge in [-0.15, -0.1) is 0 Å². The molecule has 0 aliphatic heterocycles. The van der Waals surface area contributed by atoms with Crippen molar-refractivity contribution in [2.45, 2.75) is 13.8 Å². The topological polar surface area (TPSA) is 42.1 Å². The number of pyridine rings is 1. The molecule has 0 spiro atoms. The van der Waals surface area contributed by atoms with Crippen molar-refractivity contribution in [1.29, 1.82) is 0 Å². The molecule has 1 heterocycles. The van der Waals surface area contributed by atoms with Crippen LogP contribution in [0, 0.1) is 12.8 Å². The summed E-state index contributed by atoms with van der Waals surface area (Å²) in [7, 11) is 2.04. The van der Waals surface area contributed by atoms with Crippen molar-refractivity contribution < 1.29 is 0 Å². The van der Waals surface area contributed by atoms with Crippen LogP contribution in [0.3, 0.4) is 0 Å². The highest BCUT2D eigenvalue weighted by Gasteiger charge is 2.07. The third-order valence-corrected chi connectivity index (χ3v) is 3.24. The van der Waals surface area contributed by atoms with Crippen LogP contribution in [0.5, 0.6) is 0 Å². The Labute approximate surface area is 99.8 Å². The number of rotatable bonds is 4. The van der Waals surface area contributed by atoms with E-state index in [1.165, 1.54) is 5.56 Å². The quantitative estimate of drug-likeness (QED) is 0.913. The molecule has 0 amide bonds. The van der Waals surface area contributed by atoms with E-state index in [4.69, 9.17) is 5.73 Å². The second kappa shape index (κ2) is 5.47. The number of nitrogens with two attached hydrogens (primary N) is 1. The standard InChI is InChI=1S/C11H18BrN3/c1-8(5-13)7-15(3)11-4-9(2)10(12)6-14-11/h4,6,8H,5,7,13H2,1-3H3. The highest BCUT2D eigenvalue weighted by atomic mass is 79.9. The van der Waals surface area contributed by atoms with Gasteiger partial charge in [-0.25, -0.2) is 4.98 Å². The normalized spacial score (nSPS) is 12.6. The maximum Gasteiger partial charge on any atom is 0.128 e. The number of aryl methyl sites for hydroxylation is 1. The van der Waals surface area contributed by atoms with E-state index in [9.17, 15) is 0 Å². The number of halogens is 1. The third-order valence-electron chi connectivity index (χ3n) is 2.41. The largest absolute Gasteiger partial charge is 0.359 e. The van der Waals surface area contributed by atoms with Crippen molar-refractivity contribution in [2.75, 3.05) is 25.0 Å². The van der Waals surface area contributed by atoms with Crippen LogP contribution in [-0.4, -0.2) is 25.1 Å². The Hall–Kier alpha value is -0.610. The average molecular weight is 272 g/mol. The summed E-state index contributed by atoms with van der Waals surface area (Å²) in [5.41, 5.74) is 6.80. The molecule has 1 unspecified atom stereocenters. The van der Waals surface area contributed by atoms with Gasteiger partial charge in [0.2, 0.25) is 0 Å². The van der Waals surface area contributed by atoms with Crippen LogP contribution in [0.15, 0.2) is 16.7 Å². The predicted molar refractivity (Wildman–Crippen MR) is 68.2 cm³/mol. The smallest absolute Gasteiger partial charge is 0.128 e. The van der Waals surface area contributed by atoms with E-state index in [0.29, 0.717) is 12.5 Å². The summed E-state index contributed by atoms with van der Waals surface area (Å²) < 4.78 is 1.05. The molecule has 0 radical (unpaired) electrons. The van der Waals surface area contributed by atoms with Crippen LogP contribution >= 0.6 is 15.9 Å². The van der Waals surface area contributed by atoms with E-state index >= 15 is 0 Å². The van der Waals surface area contributed by atoms with E-state index < -0.39 is 0 Å². The van der Waals surface area contributed by atoms with Crippen molar-refractivity contribution in [3.8, 4) is 0 Å². The molecule has 3 nitrogen and oxygen atoms in total. The number of hydrogen-bond donors (Lipinski definition) is 1. The van der Waals surface area contributed by atoms with Crippen molar-refractivity contribution in [1.82, 2.24) is 4.98 Å². The minimum absolute atomic E-state index is 0.487. The average Bonchev–Trinajstić information content (AvgIpc) is 2.21. The molecule has 0 saturated heterocycles. The lowest BCUT2D eigenvalue weighted by molar-refractivity contribution is 0.587. The van der Waals surface area contributed by atoms with Gasteiger partial charge in [0.1, 0.15) is 5.82 Å². The molecule has 1 aromatic heterocycles. The molecule has 1 aromatic rings. The molecule has 0 fully saturated rings. The van der Waals surface area contributed by atoms with E-state index in [1.54, 1.807) is 0 Å². The third kappa shape index (κ3) is 3.47. The molecule has 0 saturated carbocycles. The predicted octanol–water partition coefficient (Wildman–Crippen LogP) is 2.18. The number of aromatic nitrogens is 1. The highest BCUT2D eigenvalue weighted by Crippen LogP contribution is 2.19. The zero-order chi connectivity index (χ0) is 11.4. The Morgan fingerprint density at radius 2 is 2.27 bits per heavy atom. The van der Waals surface area contributed by atoms with E-state index in [-0.39, 0.29) is 0 Å². The Morgan fingerprint density at radius 3 is 2.80 bits per heavy atom. The van der Waals surface area contributed by atoms with Gasteiger partial charge < -0.3 is 10.6 Å². The van der Waals surface area contributed by atoms with E-state index in [2.05, 4.69) is 45.7 Å². The molecular formula is C11H18BrN3. The lowest BCUT2D eigenvalue weighted by Crippen LogP contribution is -2.28. The van der Waals surface area contributed by atoms with Crippen LogP contribution in [0.25, 0.3) is 0 Å². The van der Waals surface area contributed by atoms with Crippen LogP contribution in [-0.2, 0) is 0 Å².